The fraction of sp³-hybridized carbons (Fsp3) is 0.458. The molecule has 0 radical (unpaired) electrons. The van der Waals surface area contributed by atoms with E-state index >= 15 is 0 Å². The van der Waals surface area contributed by atoms with E-state index in [4.69, 9.17) is 0 Å². The average molecular weight is 429 g/mol. The molecule has 0 bridgehead atoms. The van der Waals surface area contributed by atoms with Crippen molar-refractivity contribution in [3.05, 3.63) is 70.8 Å². The zero-order chi connectivity index (χ0) is 21.7. The fourth-order valence-corrected chi connectivity index (χ4v) is 5.12. The van der Waals surface area contributed by atoms with Crippen molar-refractivity contribution in [2.75, 3.05) is 19.3 Å². The van der Waals surface area contributed by atoms with Crippen LogP contribution < -0.4 is 5.32 Å². The first-order valence-corrected chi connectivity index (χ1v) is 12.6. The highest BCUT2D eigenvalue weighted by Crippen LogP contribution is 2.22. The molecule has 1 N–H and O–H groups in total. The van der Waals surface area contributed by atoms with Crippen molar-refractivity contribution in [2.45, 2.75) is 39.1 Å². The summed E-state index contributed by atoms with van der Waals surface area (Å²) in [7, 11) is -3.13. The lowest BCUT2D eigenvalue weighted by Crippen LogP contribution is -2.38. The number of carbonyl (C=O) groups is 1. The van der Waals surface area contributed by atoms with E-state index in [0.29, 0.717) is 17.7 Å². The van der Waals surface area contributed by atoms with E-state index in [-0.39, 0.29) is 11.7 Å². The van der Waals surface area contributed by atoms with Crippen LogP contribution in [-0.4, -0.2) is 38.6 Å². The number of nitrogens with zero attached hydrogens (tertiary/aromatic N) is 1. The van der Waals surface area contributed by atoms with Gasteiger partial charge in [-0.1, -0.05) is 50.2 Å². The Balaban J connectivity index is 1.53. The van der Waals surface area contributed by atoms with Gasteiger partial charge in [0.05, 0.1) is 5.75 Å². The molecule has 30 heavy (non-hydrogen) atoms. The predicted octanol–water partition coefficient (Wildman–Crippen LogP) is 3.64. The summed E-state index contributed by atoms with van der Waals surface area (Å²) in [4.78, 5) is 15.0. The Morgan fingerprint density at radius 2 is 1.63 bits per heavy atom. The maximum atomic E-state index is 12.5. The molecule has 0 unspecified atom stereocenters. The first-order chi connectivity index (χ1) is 14.2. The molecule has 0 saturated carbocycles. The molecule has 162 valence electrons. The molecule has 1 aliphatic rings. The van der Waals surface area contributed by atoms with E-state index in [9.17, 15) is 13.2 Å². The summed E-state index contributed by atoms with van der Waals surface area (Å²) in [5.74, 6) is 1.23. The van der Waals surface area contributed by atoms with Gasteiger partial charge in [-0.3, -0.25) is 9.69 Å². The van der Waals surface area contributed by atoms with E-state index in [1.165, 1.54) is 18.2 Å². The predicted molar refractivity (Wildman–Crippen MR) is 121 cm³/mol. The van der Waals surface area contributed by atoms with Gasteiger partial charge in [0, 0.05) is 38.0 Å². The summed E-state index contributed by atoms with van der Waals surface area (Å²) in [5.41, 5.74) is 3.43. The van der Waals surface area contributed by atoms with E-state index in [1.807, 2.05) is 0 Å². The van der Waals surface area contributed by atoms with Crippen LogP contribution in [-0.2, 0) is 28.7 Å². The summed E-state index contributed by atoms with van der Waals surface area (Å²) < 4.78 is 22.9. The highest BCUT2D eigenvalue weighted by Gasteiger charge is 2.21. The fourth-order valence-electron chi connectivity index (χ4n) is 4.33. The van der Waals surface area contributed by atoms with Gasteiger partial charge in [0.2, 0.25) is 0 Å². The largest absolute Gasteiger partial charge is 0.348 e. The third-order valence-corrected chi connectivity index (χ3v) is 6.30. The van der Waals surface area contributed by atoms with Crippen molar-refractivity contribution in [3.63, 3.8) is 0 Å². The second-order valence-corrected chi connectivity index (χ2v) is 11.0. The number of nitrogens with one attached hydrogen (secondary N) is 1. The zero-order valence-electron chi connectivity index (χ0n) is 18.1. The minimum absolute atomic E-state index is 0.0653. The maximum absolute atomic E-state index is 12.5. The van der Waals surface area contributed by atoms with Crippen LogP contribution in [0.25, 0.3) is 0 Å². The number of piperidine rings is 1. The van der Waals surface area contributed by atoms with Gasteiger partial charge in [-0.2, -0.15) is 0 Å². The SMILES string of the molecule is C[C@H]1C[C@H](C)CN(Cc2ccc(CNC(=O)c3cccc(CS(C)(=O)=O)c3)cc2)C1. The Hall–Kier alpha value is -2.18. The van der Waals surface area contributed by atoms with Crippen molar-refractivity contribution in [1.29, 1.82) is 0 Å². The van der Waals surface area contributed by atoms with Crippen molar-refractivity contribution >= 4 is 15.7 Å². The summed E-state index contributed by atoms with van der Waals surface area (Å²) in [6.45, 7) is 8.36. The van der Waals surface area contributed by atoms with Crippen LogP contribution in [0.5, 0.6) is 0 Å². The van der Waals surface area contributed by atoms with Crippen LogP contribution >= 0.6 is 0 Å². The number of hydrogen-bond donors (Lipinski definition) is 1. The molecule has 2 aromatic rings. The quantitative estimate of drug-likeness (QED) is 0.731. The number of benzene rings is 2. The highest BCUT2D eigenvalue weighted by molar-refractivity contribution is 7.89. The average Bonchev–Trinajstić information content (AvgIpc) is 2.65. The Kier molecular flexibility index (Phi) is 7.32. The molecule has 0 aromatic heterocycles. The second kappa shape index (κ2) is 9.75. The normalized spacial score (nSPS) is 20.1. The first kappa shape index (κ1) is 22.5. The van der Waals surface area contributed by atoms with E-state index in [1.54, 1.807) is 24.3 Å². The molecule has 6 heteroatoms. The van der Waals surface area contributed by atoms with Gasteiger partial charge in [0.15, 0.2) is 9.84 Å². The summed E-state index contributed by atoms with van der Waals surface area (Å²) >= 11 is 0. The molecule has 1 fully saturated rings. The Labute approximate surface area is 180 Å². The number of carbonyl (C=O) groups excluding carboxylic acids is 1. The van der Waals surface area contributed by atoms with Crippen molar-refractivity contribution in [3.8, 4) is 0 Å². The van der Waals surface area contributed by atoms with Crippen LogP contribution in [0.4, 0.5) is 0 Å². The Morgan fingerprint density at radius 3 is 2.27 bits per heavy atom. The van der Waals surface area contributed by atoms with Crippen LogP contribution in [0, 0.1) is 11.8 Å². The van der Waals surface area contributed by atoms with Crippen molar-refractivity contribution in [2.24, 2.45) is 11.8 Å². The van der Waals surface area contributed by atoms with Crippen LogP contribution in [0.3, 0.4) is 0 Å². The lowest BCUT2D eigenvalue weighted by atomic mass is 9.91. The van der Waals surface area contributed by atoms with Crippen LogP contribution in [0.1, 0.15) is 47.3 Å². The minimum atomic E-state index is -3.13. The monoisotopic (exact) mass is 428 g/mol. The first-order valence-electron chi connectivity index (χ1n) is 10.5. The second-order valence-electron chi connectivity index (χ2n) is 8.91. The Morgan fingerprint density at radius 1 is 1.00 bits per heavy atom. The third kappa shape index (κ3) is 6.96. The molecule has 0 aliphatic carbocycles. The van der Waals surface area contributed by atoms with Gasteiger partial charge in [-0.05, 0) is 47.1 Å². The highest BCUT2D eigenvalue weighted by atomic mass is 32.2. The summed E-state index contributed by atoms with van der Waals surface area (Å²) in [5, 5.41) is 2.92. The van der Waals surface area contributed by atoms with Crippen molar-refractivity contribution < 1.29 is 13.2 Å². The minimum Gasteiger partial charge on any atom is -0.348 e. The zero-order valence-corrected chi connectivity index (χ0v) is 18.9. The van der Waals surface area contributed by atoms with Gasteiger partial charge in [0.25, 0.3) is 5.91 Å². The van der Waals surface area contributed by atoms with Gasteiger partial charge in [-0.25, -0.2) is 8.42 Å². The molecule has 1 heterocycles. The molecule has 3 rings (SSSR count). The molecule has 2 atom stereocenters. The molecule has 1 saturated heterocycles. The number of likely N-dealkylation sites (tertiary alicyclic amines) is 1. The maximum Gasteiger partial charge on any atom is 0.251 e. The van der Waals surface area contributed by atoms with Gasteiger partial charge < -0.3 is 5.32 Å². The van der Waals surface area contributed by atoms with Gasteiger partial charge in [-0.15, -0.1) is 0 Å². The van der Waals surface area contributed by atoms with Gasteiger partial charge >= 0.3 is 0 Å². The number of sulfone groups is 1. The summed E-state index contributed by atoms with van der Waals surface area (Å²) in [6.07, 6.45) is 2.50. The lowest BCUT2D eigenvalue weighted by Gasteiger charge is -2.35. The summed E-state index contributed by atoms with van der Waals surface area (Å²) in [6, 6.07) is 15.2. The lowest BCUT2D eigenvalue weighted by molar-refractivity contribution is 0.0951. The topological polar surface area (TPSA) is 66.5 Å². The smallest absolute Gasteiger partial charge is 0.251 e. The standard InChI is InChI=1S/C24H32N2O3S/c1-18-11-19(2)15-26(14-18)16-21-9-7-20(8-10-21)13-25-24(27)23-6-4-5-22(12-23)17-30(3,28)29/h4-10,12,18-19H,11,13-17H2,1-3H3,(H,25,27)/t18-,19-/m0/s1. The van der Waals surface area contributed by atoms with Crippen LogP contribution in [0.2, 0.25) is 0 Å². The van der Waals surface area contributed by atoms with E-state index in [0.717, 1.165) is 37.0 Å². The Bertz CT molecular complexity index is 960. The molecule has 1 amide bonds. The molecule has 5 nitrogen and oxygen atoms in total. The molecule has 0 spiro atoms. The molecule has 1 aliphatic heterocycles. The van der Waals surface area contributed by atoms with Crippen molar-refractivity contribution in [1.82, 2.24) is 10.2 Å². The van der Waals surface area contributed by atoms with E-state index < -0.39 is 9.84 Å². The van der Waals surface area contributed by atoms with Crippen LogP contribution in [0.15, 0.2) is 48.5 Å². The number of amides is 1. The number of rotatable bonds is 7. The molecule has 2 aromatic carbocycles. The third-order valence-electron chi connectivity index (χ3n) is 5.44. The van der Waals surface area contributed by atoms with Gasteiger partial charge in [0.1, 0.15) is 0 Å². The molecular formula is C24H32N2O3S. The number of hydrogen-bond acceptors (Lipinski definition) is 4. The van der Waals surface area contributed by atoms with E-state index in [2.05, 4.69) is 48.3 Å². The molecular weight excluding hydrogens is 396 g/mol.